The second kappa shape index (κ2) is 35.6. The van der Waals surface area contributed by atoms with Gasteiger partial charge in [0.1, 0.15) is 6.61 Å². The van der Waals surface area contributed by atoms with Crippen molar-refractivity contribution in [3.63, 3.8) is 0 Å². The van der Waals surface area contributed by atoms with Crippen molar-refractivity contribution in [2.24, 2.45) is 0 Å². The van der Waals surface area contributed by atoms with E-state index >= 15 is 0 Å². The minimum absolute atomic E-state index is 0.106. The maximum atomic E-state index is 12.1. The lowest BCUT2D eigenvalue weighted by molar-refractivity contribution is -0.161. The van der Waals surface area contributed by atoms with Crippen molar-refractivity contribution < 1.29 is 24.2 Å². The van der Waals surface area contributed by atoms with E-state index in [0.29, 0.717) is 19.3 Å². The zero-order valence-corrected chi connectivity index (χ0v) is 28.6. The molecule has 0 aromatic carbocycles. The average molecular weight is 625 g/mol. The SMILES string of the molecule is CC/C=C/C/C=C/C/C=C/C/C=C/C/C=C/CCCC(=O)OC[C@H](CO)OC(=O)CCCCCCC/C=C/C/C=C/CCCC. The van der Waals surface area contributed by atoms with Crippen LogP contribution in [-0.4, -0.2) is 36.4 Å². The van der Waals surface area contributed by atoms with Gasteiger partial charge < -0.3 is 14.6 Å². The second-order valence-corrected chi connectivity index (χ2v) is 11.2. The standard InChI is InChI=1S/C40H64O5/c1-3-5-7-9-11-13-15-17-19-20-21-23-24-26-28-30-32-34-39(42)44-37-38(36-41)45-40(43)35-33-31-29-27-25-22-18-16-14-12-10-8-6-4-2/h5,7,10-13,16-19,21,23,26,28,38,41H,3-4,6,8-9,14-15,20,22,24-25,27,29-37H2,1-2H3/b7-5+,12-10+,13-11+,18-16+,19-17+,23-21+,28-26+/t38-/m0/s1. The van der Waals surface area contributed by atoms with Crippen molar-refractivity contribution in [1.29, 1.82) is 0 Å². The van der Waals surface area contributed by atoms with E-state index in [1.807, 2.05) is 0 Å². The van der Waals surface area contributed by atoms with Gasteiger partial charge in [0.25, 0.3) is 0 Å². The van der Waals surface area contributed by atoms with Crippen molar-refractivity contribution in [1.82, 2.24) is 0 Å². The molecule has 45 heavy (non-hydrogen) atoms. The molecule has 5 nitrogen and oxygen atoms in total. The highest BCUT2D eigenvalue weighted by atomic mass is 16.6. The lowest BCUT2D eigenvalue weighted by Crippen LogP contribution is -2.28. The molecule has 254 valence electrons. The third-order valence-corrected chi connectivity index (χ3v) is 6.92. The third-order valence-electron chi connectivity index (χ3n) is 6.92. The van der Waals surface area contributed by atoms with Crippen molar-refractivity contribution in [2.75, 3.05) is 13.2 Å². The van der Waals surface area contributed by atoms with E-state index in [1.165, 1.54) is 25.7 Å². The molecule has 0 spiro atoms. The zero-order chi connectivity index (χ0) is 32.9. The van der Waals surface area contributed by atoms with Crippen molar-refractivity contribution in [3.8, 4) is 0 Å². The Kier molecular flexibility index (Phi) is 33.3. The van der Waals surface area contributed by atoms with Gasteiger partial charge >= 0.3 is 11.9 Å². The van der Waals surface area contributed by atoms with Crippen molar-refractivity contribution in [2.45, 2.75) is 142 Å². The fraction of sp³-hybridized carbons (Fsp3) is 0.600. The predicted molar refractivity (Wildman–Crippen MR) is 191 cm³/mol. The Bertz CT molecular complexity index is 890. The van der Waals surface area contributed by atoms with E-state index in [1.54, 1.807) is 0 Å². The topological polar surface area (TPSA) is 72.8 Å². The van der Waals surface area contributed by atoms with Gasteiger partial charge in [-0.25, -0.2) is 0 Å². The molecule has 5 heteroatoms. The molecule has 0 saturated heterocycles. The second-order valence-electron chi connectivity index (χ2n) is 11.2. The Morgan fingerprint density at radius 1 is 0.533 bits per heavy atom. The summed E-state index contributed by atoms with van der Waals surface area (Å²) >= 11 is 0. The lowest BCUT2D eigenvalue weighted by atomic mass is 10.1. The lowest BCUT2D eigenvalue weighted by Gasteiger charge is -2.15. The summed E-state index contributed by atoms with van der Waals surface area (Å²) in [5.74, 6) is -0.687. The Balaban J connectivity index is 3.75. The van der Waals surface area contributed by atoms with Crippen LogP contribution < -0.4 is 0 Å². The maximum Gasteiger partial charge on any atom is 0.306 e. The van der Waals surface area contributed by atoms with Crippen LogP contribution in [0.3, 0.4) is 0 Å². The normalized spacial score (nSPS) is 13.2. The number of carbonyl (C=O) groups is 2. The van der Waals surface area contributed by atoms with Crippen LogP contribution in [0.25, 0.3) is 0 Å². The van der Waals surface area contributed by atoms with E-state index in [9.17, 15) is 14.7 Å². The van der Waals surface area contributed by atoms with Crippen LogP contribution in [0.2, 0.25) is 0 Å². The molecule has 0 amide bonds. The van der Waals surface area contributed by atoms with Gasteiger partial charge in [0.05, 0.1) is 6.61 Å². The number of hydrogen-bond acceptors (Lipinski definition) is 5. The van der Waals surface area contributed by atoms with Crippen LogP contribution >= 0.6 is 0 Å². The highest BCUT2D eigenvalue weighted by Gasteiger charge is 2.15. The summed E-state index contributed by atoms with van der Waals surface area (Å²) in [6, 6.07) is 0. The highest BCUT2D eigenvalue weighted by molar-refractivity contribution is 5.70. The average Bonchev–Trinajstić information content (AvgIpc) is 3.04. The van der Waals surface area contributed by atoms with Gasteiger partial charge in [0.15, 0.2) is 6.10 Å². The fourth-order valence-corrected chi connectivity index (χ4v) is 4.25. The number of rotatable bonds is 30. The van der Waals surface area contributed by atoms with Crippen LogP contribution in [0.5, 0.6) is 0 Å². The molecular weight excluding hydrogens is 560 g/mol. The quantitative estimate of drug-likeness (QED) is 0.0489. The molecule has 0 rings (SSSR count). The smallest absolute Gasteiger partial charge is 0.306 e. The van der Waals surface area contributed by atoms with E-state index in [0.717, 1.165) is 77.0 Å². The maximum absolute atomic E-state index is 12.1. The van der Waals surface area contributed by atoms with Gasteiger partial charge in [0, 0.05) is 12.8 Å². The van der Waals surface area contributed by atoms with Gasteiger partial charge in [-0.3, -0.25) is 9.59 Å². The Hall–Kier alpha value is -2.92. The summed E-state index contributed by atoms with van der Waals surface area (Å²) in [6.07, 6.45) is 47.8. The van der Waals surface area contributed by atoms with E-state index in [2.05, 4.69) is 98.9 Å². The largest absolute Gasteiger partial charge is 0.462 e. The van der Waals surface area contributed by atoms with Crippen LogP contribution in [0.4, 0.5) is 0 Å². The van der Waals surface area contributed by atoms with Gasteiger partial charge in [-0.15, -0.1) is 0 Å². The zero-order valence-electron chi connectivity index (χ0n) is 28.6. The first-order valence-corrected chi connectivity index (χ1v) is 17.6. The summed E-state index contributed by atoms with van der Waals surface area (Å²) < 4.78 is 10.5. The number of carbonyl (C=O) groups excluding carboxylic acids is 2. The van der Waals surface area contributed by atoms with Gasteiger partial charge in [0.2, 0.25) is 0 Å². The summed E-state index contributed by atoms with van der Waals surface area (Å²) in [6.45, 7) is 3.89. The van der Waals surface area contributed by atoms with Gasteiger partial charge in [-0.2, -0.15) is 0 Å². The van der Waals surface area contributed by atoms with Crippen molar-refractivity contribution in [3.05, 3.63) is 85.1 Å². The number of ether oxygens (including phenoxy) is 2. The monoisotopic (exact) mass is 624 g/mol. The molecule has 0 fully saturated rings. The number of esters is 2. The Morgan fingerprint density at radius 3 is 1.51 bits per heavy atom. The molecule has 0 aromatic rings. The number of unbranched alkanes of at least 4 members (excludes halogenated alkanes) is 8. The van der Waals surface area contributed by atoms with Gasteiger partial charge in [-0.05, 0) is 77.0 Å². The van der Waals surface area contributed by atoms with Crippen LogP contribution in [0.1, 0.15) is 136 Å². The first-order valence-electron chi connectivity index (χ1n) is 17.6. The molecule has 0 aromatic heterocycles. The molecule has 0 aliphatic heterocycles. The molecular formula is C40H64O5. The molecule has 0 radical (unpaired) electrons. The van der Waals surface area contributed by atoms with Crippen LogP contribution in [0, 0.1) is 0 Å². The molecule has 1 N–H and O–H groups in total. The van der Waals surface area contributed by atoms with Gasteiger partial charge in [-0.1, -0.05) is 131 Å². The number of aliphatic hydroxyl groups is 1. The van der Waals surface area contributed by atoms with Crippen LogP contribution in [-0.2, 0) is 19.1 Å². The molecule has 0 heterocycles. The van der Waals surface area contributed by atoms with Crippen LogP contribution in [0.15, 0.2) is 85.1 Å². The molecule has 0 unspecified atom stereocenters. The Labute approximate surface area is 275 Å². The first-order chi connectivity index (χ1) is 22.1. The third kappa shape index (κ3) is 33.8. The van der Waals surface area contributed by atoms with E-state index in [4.69, 9.17) is 9.47 Å². The number of aliphatic hydroxyl groups excluding tert-OH is 1. The molecule has 0 aliphatic carbocycles. The summed E-state index contributed by atoms with van der Waals surface area (Å²) in [4.78, 5) is 24.1. The summed E-state index contributed by atoms with van der Waals surface area (Å²) in [5.41, 5.74) is 0. The number of hydrogen-bond donors (Lipinski definition) is 1. The fourth-order valence-electron chi connectivity index (χ4n) is 4.25. The molecule has 0 aliphatic rings. The number of allylic oxidation sites excluding steroid dienone is 14. The first kappa shape index (κ1) is 42.1. The minimum atomic E-state index is -0.805. The summed E-state index contributed by atoms with van der Waals surface area (Å²) in [5, 5.41) is 9.51. The van der Waals surface area contributed by atoms with E-state index < -0.39 is 6.10 Å². The van der Waals surface area contributed by atoms with E-state index in [-0.39, 0.29) is 25.2 Å². The minimum Gasteiger partial charge on any atom is -0.462 e. The Morgan fingerprint density at radius 2 is 0.978 bits per heavy atom. The molecule has 0 bridgehead atoms. The molecule has 1 atom stereocenters. The molecule has 0 saturated carbocycles. The van der Waals surface area contributed by atoms with Crippen molar-refractivity contribution >= 4 is 11.9 Å². The summed E-state index contributed by atoms with van der Waals surface area (Å²) in [7, 11) is 0. The highest BCUT2D eigenvalue weighted by Crippen LogP contribution is 2.10. The predicted octanol–water partition coefficient (Wildman–Crippen LogP) is 10.8.